The Hall–Kier alpha value is -4.44. The van der Waals surface area contributed by atoms with Gasteiger partial charge < -0.3 is 25.2 Å². The van der Waals surface area contributed by atoms with Gasteiger partial charge in [0.15, 0.2) is 11.5 Å². The van der Waals surface area contributed by atoms with Crippen LogP contribution in [0.25, 0.3) is 0 Å². The summed E-state index contributed by atoms with van der Waals surface area (Å²) in [5.74, 6) is 1.74. The zero-order valence-electron chi connectivity index (χ0n) is 21.1. The van der Waals surface area contributed by atoms with Crippen LogP contribution in [0.2, 0.25) is 0 Å². The highest BCUT2D eigenvalue weighted by atomic mass is 32.2. The highest BCUT2D eigenvalue weighted by Crippen LogP contribution is 2.40. The molecule has 1 amide bonds. The molecule has 0 spiro atoms. The molecule has 1 aliphatic heterocycles. The lowest BCUT2D eigenvalue weighted by molar-refractivity contribution is -0.113. The number of aromatic hydroxyl groups is 1. The maximum atomic E-state index is 13.8. The second kappa shape index (κ2) is 10.9. The molecule has 9 nitrogen and oxygen atoms in total. The van der Waals surface area contributed by atoms with Crippen LogP contribution in [0, 0.1) is 0 Å². The normalized spacial score (nSPS) is 14.4. The van der Waals surface area contributed by atoms with Gasteiger partial charge in [0.05, 0.1) is 25.5 Å². The van der Waals surface area contributed by atoms with Gasteiger partial charge in [0.2, 0.25) is 11.1 Å². The number of nitrogens with one attached hydrogen (secondary N) is 2. The van der Waals surface area contributed by atoms with Gasteiger partial charge in [-0.3, -0.25) is 4.79 Å². The van der Waals surface area contributed by atoms with Crippen molar-refractivity contribution < 1.29 is 19.4 Å². The van der Waals surface area contributed by atoms with Crippen molar-refractivity contribution >= 4 is 29.3 Å². The van der Waals surface area contributed by atoms with Crippen LogP contribution in [0.15, 0.2) is 89.2 Å². The summed E-state index contributed by atoms with van der Waals surface area (Å²) in [5, 5.41) is 21.8. The smallest absolute Gasteiger partial charge is 0.255 e. The van der Waals surface area contributed by atoms with Gasteiger partial charge in [0, 0.05) is 11.4 Å². The summed E-state index contributed by atoms with van der Waals surface area (Å²) >= 11 is 1.51. The zero-order chi connectivity index (χ0) is 26.6. The number of hydrogen-bond donors (Lipinski definition) is 3. The number of phenols is 1. The van der Waals surface area contributed by atoms with E-state index < -0.39 is 6.04 Å². The Morgan fingerprint density at radius 2 is 1.79 bits per heavy atom. The number of allylic oxidation sites excluding steroid dienone is 1. The molecule has 0 aliphatic carbocycles. The van der Waals surface area contributed by atoms with E-state index in [-0.39, 0.29) is 11.7 Å². The van der Waals surface area contributed by atoms with Crippen molar-refractivity contribution in [3.8, 4) is 17.2 Å². The Morgan fingerprint density at radius 3 is 2.55 bits per heavy atom. The summed E-state index contributed by atoms with van der Waals surface area (Å²) in [6.45, 7) is 1.83. The number of methoxy groups -OCH3 is 2. The lowest BCUT2D eigenvalue weighted by Gasteiger charge is -2.29. The van der Waals surface area contributed by atoms with Gasteiger partial charge >= 0.3 is 0 Å². The molecule has 38 heavy (non-hydrogen) atoms. The van der Waals surface area contributed by atoms with Crippen LogP contribution in [0.3, 0.4) is 0 Å². The maximum Gasteiger partial charge on any atom is 0.255 e. The first-order valence-corrected chi connectivity index (χ1v) is 12.9. The molecule has 194 valence electrons. The number of carbonyl (C=O) groups excluding carboxylic acids is 1. The maximum absolute atomic E-state index is 13.8. The molecular formula is C28H27N5O4S. The number of nitrogens with zero attached hydrogens (tertiary/aromatic N) is 3. The van der Waals surface area contributed by atoms with Crippen molar-refractivity contribution in [1.82, 2.24) is 14.8 Å². The second-order valence-corrected chi connectivity index (χ2v) is 9.53. The number of carbonyl (C=O) groups is 1. The number of ether oxygens (including phenoxy) is 2. The van der Waals surface area contributed by atoms with E-state index in [4.69, 9.17) is 19.6 Å². The molecule has 2 heterocycles. The molecule has 4 aromatic rings. The Balaban J connectivity index is 1.54. The molecular weight excluding hydrogens is 502 g/mol. The minimum absolute atomic E-state index is 0.00355. The predicted molar refractivity (Wildman–Crippen MR) is 147 cm³/mol. The number of thioether (sulfide) groups is 1. The van der Waals surface area contributed by atoms with E-state index >= 15 is 0 Å². The lowest BCUT2D eigenvalue weighted by Crippen LogP contribution is -2.31. The Morgan fingerprint density at radius 1 is 1.05 bits per heavy atom. The van der Waals surface area contributed by atoms with Gasteiger partial charge in [-0.2, -0.15) is 4.98 Å². The molecule has 0 bridgehead atoms. The van der Waals surface area contributed by atoms with E-state index in [0.717, 1.165) is 5.56 Å². The third-order valence-corrected chi connectivity index (χ3v) is 7.07. The largest absolute Gasteiger partial charge is 0.504 e. The van der Waals surface area contributed by atoms with Crippen LogP contribution in [-0.2, 0) is 10.5 Å². The Bertz CT molecular complexity index is 1500. The number of hydrogen-bond acceptors (Lipinski definition) is 8. The van der Waals surface area contributed by atoms with E-state index in [2.05, 4.69) is 22.8 Å². The van der Waals surface area contributed by atoms with Gasteiger partial charge in [-0.15, -0.1) is 5.10 Å². The molecule has 0 saturated carbocycles. The average Bonchev–Trinajstić information content (AvgIpc) is 3.34. The van der Waals surface area contributed by atoms with E-state index in [0.29, 0.717) is 50.9 Å². The van der Waals surface area contributed by atoms with Gasteiger partial charge in [0.25, 0.3) is 5.91 Å². The summed E-state index contributed by atoms with van der Waals surface area (Å²) in [5.41, 5.74) is 3.49. The molecule has 3 aromatic carbocycles. The molecule has 1 aromatic heterocycles. The first-order valence-electron chi connectivity index (χ1n) is 11.9. The van der Waals surface area contributed by atoms with Gasteiger partial charge in [0.1, 0.15) is 11.8 Å². The standard InChI is InChI=1S/C28H27N5O4S/c1-17-24(26(35)30-20-11-7-8-12-22(20)36-2)25(19-13-14-21(34)23(15-19)37-3)33-27(29-17)31-28(32-33)38-16-18-9-5-4-6-10-18/h4-15,25,34H,16H2,1-3H3,(H,30,35)(H,29,31,32). The monoisotopic (exact) mass is 529 g/mol. The quantitative estimate of drug-likeness (QED) is 0.267. The number of fused-ring (bicyclic) bond motifs is 1. The first kappa shape index (κ1) is 25.2. The number of rotatable bonds is 8. The van der Waals surface area contributed by atoms with Gasteiger partial charge in [-0.05, 0) is 42.3 Å². The molecule has 0 fully saturated rings. The van der Waals surface area contributed by atoms with Crippen molar-refractivity contribution in [2.24, 2.45) is 0 Å². The molecule has 0 saturated heterocycles. The fourth-order valence-corrected chi connectivity index (χ4v) is 5.10. The third-order valence-electron chi connectivity index (χ3n) is 6.16. The van der Waals surface area contributed by atoms with E-state index in [1.54, 1.807) is 42.1 Å². The van der Waals surface area contributed by atoms with E-state index in [9.17, 15) is 9.90 Å². The molecule has 1 atom stereocenters. The van der Waals surface area contributed by atoms with Crippen LogP contribution in [0.4, 0.5) is 11.6 Å². The van der Waals surface area contributed by atoms with Crippen LogP contribution >= 0.6 is 11.8 Å². The number of phenolic OH excluding ortho intramolecular Hbond substituents is 1. The minimum Gasteiger partial charge on any atom is -0.504 e. The first-order chi connectivity index (χ1) is 18.5. The topological polar surface area (TPSA) is 111 Å². The summed E-state index contributed by atoms with van der Waals surface area (Å²) in [7, 11) is 3.04. The summed E-state index contributed by atoms with van der Waals surface area (Å²) in [6.07, 6.45) is 0. The SMILES string of the molecule is COc1cc(C2C(C(=O)Nc3ccccc3OC)=C(C)Nc3nc(SCc4ccccc4)nn32)ccc1O. The fourth-order valence-electron chi connectivity index (χ4n) is 4.32. The minimum atomic E-state index is -0.631. The highest BCUT2D eigenvalue weighted by molar-refractivity contribution is 7.98. The summed E-state index contributed by atoms with van der Waals surface area (Å²) in [6, 6.07) is 21.7. The predicted octanol–water partition coefficient (Wildman–Crippen LogP) is 5.22. The van der Waals surface area contributed by atoms with Crippen molar-refractivity contribution in [1.29, 1.82) is 0 Å². The summed E-state index contributed by atoms with van der Waals surface area (Å²) < 4.78 is 12.5. The second-order valence-electron chi connectivity index (χ2n) is 8.59. The molecule has 5 rings (SSSR count). The lowest BCUT2D eigenvalue weighted by atomic mass is 9.94. The van der Waals surface area contributed by atoms with Gasteiger partial charge in [-0.1, -0.05) is 60.3 Å². The van der Waals surface area contributed by atoms with Crippen LogP contribution in [0.5, 0.6) is 17.2 Å². The van der Waals surface area contributed by atoms with Crippen LogP contribution in [0.1, 0.15) is 24.1 Å². The van der Waals surface area contributed by atoms with Crippen molar-refractivity contribution in [2.75, 3.05) is 24.9 Å². The fraction of sp³-hybridized carbons (Fsp3) is 0.179. The van der Waals surface area contributed by atoms with Gasteiger partial charge in [-0.25, -0.2) is 4.68 Å². The van der Waals surface area contributed by atoms with Crippen molar-refractivity contribution in [2.45, 2.75) is 23.9 Å². The zero-order valence-corrected chi connectivity index (χ0v) is 22.0. The van der Waals surface area contributed by atoms with Crippen molar-refractivity contribution in [3.63, 3.8) is 0 Å². The Labute approximate surface area is 224 Å². The molecule has 0 radical (unpaired) electrons. The molecule has 10 heteroatoms. The van der Waals surface area contributed by atoms with Crippen LogP contribution in [-0.4, -0.2) is 40.0 Å². The third kappa shape index (κ3) is 5.03. The number of benzene rings is 3. The number of amides is 1. The van der Waals surface area contributed by atoms with E-state index in [1.807, 2.05) is 37.3 Å². The van der Waals surface area contributed by atoms with Crippen molar-refractivity contribution in [3.05, 3.63) is 95.2 Å². The molecule has 1 unspecified atom stereocenters. The Kier molecular flexibility index (Phi) is 7.23. The van der Waals surface area contributed by atoms with Crippen LogP contribution < -0.4 is 20.1 Å². The molecule has 1 aliphatic rings. The van der Waals surface area contributed by atoms with E-state index in [1.165, 1.54) is 18.9 Å². The number of anilines is 2. The molecule has 3 N–H and O–H groups in total. The number of aromatic nitrogens is 3. The highest BCUT2D eigenvalue weighted by Gasteiger charge is 2.35. The number of para-hydroxylation sites is 2. The average molecular weight is 530 g/mol. The summed E-state index contributed by atoms with van der Waals surface area (Å²) in [4.78, 5) is 18.5.